The molecule has 8 aromatic rings. The zero-order chi connectivity index (χ0) is 26.1. The van der Waals surface area contributed by atoms with Gasteiger partial charge >= 0.3 is 0 Å². The van der Waals surface area contributed by atoms with Gasteiger partial charge in [-0.15, -0.1) is 0 Å². The molecule has 0 bridgehead atoms. The molecule has 0 fully saturated rings. The molecule has 0 aliphatic rings. The summed E-state index contributed by atoms with van der Waals surface area (Å²) in [6, 6.07) is 34.5. The van der Waals surface area contributed by atoms with Gasteiger partial charge in [-0.1, -0.05) is 60.7 Å². The minimum atomic E-state index is 0.651. The van der Waals surface area contributed by atoms with Crippen molar-refractivity contribution in [3.05, 3.63) is 121 Å². The molecule has 6 nitrogen and oxygen atoms in total. The fourth-order valence-corrected chi connectivity index (χ4v) is 6.08. The van der Waals surface area contributed by atoms with Crippen LogP contribution in [0.5, 0.6) is 0 Å². The molecule has 0 spiro atoms. The summed E-state index contributed by atoms with van der Waals surface area (Å²) in [6.45, 7) is 4.19. The molecule has 6 heteroatoms. The Hall–Kier alpha value is -5.23. The fraction of sp³-hybridized carbons (Fsp3) is 0.0606. The molecule has 4 aromatic heterocycles. The third-order valence-electron chi connectivity index (χ3n) is 7.71. The van der Waals surface area contributed by atoms with Crippen molar-refractivity contribution in [2.45, 2.75) is 13.8 Å². The largest absolute Gasteiger partial charge is 0.295 e. The van der Waals surface area contributed by atoms with E-state index in [1.54, 1.807) is 12.4 Å². The lowest BCUT2D eigenvalue weighted by Gasteiger charge is -2.18. The minimum absolute atomic E-state index is 0.651. The van der Waals surface area contributed by atoms with Gasteiger partial charge in [-0.05, 0) is 55.8 Å². The van der Waals surface area contributed by atoms with Gasteiger partial charge < -0.3 is 0 Å². The third kappa shape index (κ3) is 3.00. The van der Waals surface area contributed by atoms with E-state index in [0.29, 0.717) is 5.65 Å². The molecule has 0 aliphatic carbocycles. The zero-order valence-corrected chi connectivity index (χ0v) is 21.6. The Morgan fingerprint density at radius 2 is 1.18 bits per heavy atom. The molecule has 0 atom stereocenters. The number of nitrogens with zero attached hydrogens (tertiary/aromatic N) is 6. The average molecular weight is 505 g/mol. The number of aromatic nitrogens is 6. The molecule has 39 heavy (non-hydrogen) atoms. The maximum absolute atomic E-state index is 4.68. The summed E-state index contributed by atoms with van der Waals surface area (Å²) in [4.78, 5) is 13.7. The van der Waals surface area contributed by atoms with Crippen molar-refractivity contribution in [2.24, 2.45) is 0 Å². The number of para-hydroxylation sites is 3. The van der Waals surface area contributed by atoms with Crippen LogP contribution in [0.15, 0.2) is 109 Å². The molecule has 8 rings (SSSR count). The van der Waals surface area contributed by atoms with Crippen LogP contribution in [0.3, 0.4) is 0 Å². The van der Waals surface area contributed by atoms with E-state index in [0.717, 1.165) is 39.7 Å². The molecule has 4 aromatic carbocycles. The quantitative estimate of drug-likeness (QED) is 0.251. The first kappa shape index (κ1) is 21.8. The van der Waals surface area contributed by atoms with Crippen LogP contribution in [0, 0.1) is 13.8 Å². The standard InChI is InChI=1S/C33H24N6/c1-21-26(37-22(2)36-31-32(37)35-20-19-34-31)17-10-18-27(21)39-29-16-9-7-14-25(29)30-24-13-6-8-15-28(24)38(33(30)39)23-11-4-3-5-12-23/h3-20H,1-2H3. The Morgan fingerprint density at radius 1 is 0.564 bits per heavy atom. The summed E-state index contributed by atoms with van der Waals surface area (Å²) >= 11 is 0. The smallest absolute Gasteiger partial charge is 0.198 e. The predicted octanol–water partition coefficient (Wildman–Crippen LogP) is 7.47. The first-order valence-corrected chi connectivity index (χ1v) is 13.1. The number of aryl methyl sites for hydroxylation is 1. The maximum atomic E-state index is 4.68. The van der Waals surface area contributed by atoms with Gasteiger partial charge in [0.05, 0.1) is 22.4 Å². The number of imidazole rings is 1. The lowest BCUT2D eigenvalue weighted by atomic mass is 10.1. The number of benzene rings is 4. The molecule has 0 N–H and O–H groups in total. The van der Waals surface area contributed by atoms with E-state index >= 15 is 0 Å². The minimum Gasteiger partial charge on any atom is -0.295 e. The topological polar surface area (TPSA) is 53.5 Å². The van der Waals surface area contributed by atoms with Crippen LogP contribution in [0.1, 0.15) is 11.4 Å². The number of fused-ring (bicyclic) bond motifs is 6. The van der Waals surface area contributed by atoms with E-state index in [1.165, 1.54) is 27.2 Å². The van der Waals surface area contributed by atoms with Gasteiger partial charge in [-0.2, -0.15) is 0 Å². The first-order chi connectivity index (χ1) is 19.2. The maximum Gasteiger partial charge on any atom is 0.198 e. The molecule has 0 aliphatic heterocycles. The lowest BCUT2D eigenvalue weighted by Crippen LogP contribution is -2.07. The molecule has 186 valence electrons. The molecule has 0 unspecified atom stereocenters. The fourth-order valence-electron chi connectivity index (χ4n) is 6.08. The summed E-state index contributed by atoms with van der Waals surface area (Å²) in [5, 5.41) is 3.73. The number of rotatable bonds is 3. The van der Waals surface area contributed by atoms with Crippen LogP contribution >= 0.6 is 0 Å². The Kier molecular flexibility index (Phi) is 4.55. The predicted molar refractivity (Wildman–Crippen MR) is 157 cm³/mol. The van der Waals surface area contributed by atoms with Crippen molar-refractivity contribution in [3.63, 3.8) is 0 Å². The van der Waals surface area contributed by atoms with Crippen LogP contribution in [0.2, 0.25) is 0 Å². The molecule has 0 radical (unpaired) electrons. The van der Waals surface area contributed by atoms with Gasteiger partial charge in [0.2, 0.25) is 0 Å². The highest BCUT2D eigenvalue weighted by atomic mass is 15.2. The zero-order valence-electron chi connectivity index (χ0n) is 21.6. The van der Waals surface area contributed by atoms with Gasteiger partial charge in [0.25, 0.3) is 0 Å². The summed E-state index contributed by atoms with van der Waals surface area (Å²) in [7, 11) is 0. The molecule has 0 saturated heterocycles. The van der Waals surface area contributed by atoms with Crippen molar-refractivity contribution >= 4 is 44.1 Å². The number of hydrogen-bond acceptors (Lipinski definition) is 3. The summed E-state index contributed by atoms with van der Waals surface area (Å²) < 4.78 is 6.91. The summed E-state index contributed by atoms with van der Waals surface area (Å²) in [6.07, 6.45) is 3.41. The molecule has 0 amide bonds. The van der Waals surface area contributed by atoms with E-state index in [9.17, 15) is 0 Å². The van der Waals surface area contributed by atoms with Crippen LogP contribution in [0.4, 0.5) is 0 Å². The Labute approximate surface area is 224 Å². The van der Waals surface area contributed by atoms with E-state index in [1.807, 2.05) is 6.92 Å². The molecular formula is C33H24N6. The van der Waals surface area contributed by atoms with Crippen LogP contribution in [-0.2, 0) is 0 Å². The van der Waals surface area contributed by atoms with Crippen LogP contribution in [-0.4, -0.2) is 28.7 Å². The molecular weight excluding hydrogens is 480 g/mol. The second-order valence-corrected chi connectivity index (χ2v) is 9.86. The SMILES string of the molecule is Cc1c(-n2c(C)nc3nccnc32)cccc1-n1c2ccccc2c2c3ccccc3n(-c3ccccc3)c21. The van der Waals surface area contributed by atoms with E-state index in [2.05, 4.69) is 133 Å². The van der Waals surface area contributed by atoms with E-state index < -0.39 is 0 Å². The van der Waals surface area contributed by atoms with Gasteiger partial charge in [-0.25, -0.2) is 15.0 Å². The van der Waals surface area contributed by atoms with Crippen molar-refractivity contribution in [2.75, 3.05) is 0 Å². The Morgan fingerprint density at radius 3 is 1.92 bits per heavy atom. The summed E-state index contributed by atoms with van der Waals surface area (Å²) in [5.74, 6) is 0.859. The van der Waals surface area contributed by atoms with Crippen molar-refractivity contribution < 1.29 is 0 Å². The van der Waals surface area contributed by atoms with Gasteiger partial charge in [0.15, 0.2) is 11.3 Å². The second kappa shape index (κ2) is 8.13. The monoisotopic (exact) mass is 504 g/mol. The Balaban J connectivity index is 1.53. The molecule has 4 heterocycles. The van der Waals surface area contributed by atoms with E-state index in [-0.39, 0.29) is 0 Å². The second-order valence-electron chi connectivity index (χ2n) is 9.86. The van der Waals surface area contributed by atoms with Gasteiger partial charge in [-0.3, -0.25) is 13.7 Å². The highest BCUT2D eigenvalue weighted by Gasteiger charge is 2.23. The highest BCUT2D eigenvalue weighted by molar-refractivity contribution is 6.22. The van der Waals surface area contributed by atoms with Crippen molar-refractivity contribution in [1.29, 1.82) is 0 Å². The normalized spacial score (nSPS) is 11.8. The average Bonchev–Trinajstić information content (AvgIpc) is 3.60. The van der Waals surface area contributed by atoms with E-state index in [4.69, 9.17) is 0 Å². The van der Waals surface area contributed by atoms with Gasteiger partial charge in [0, 0.05) is 34.2 Å². The number of hydrogen-bond donors (Lipinski definition) is 0. The third-order valence-corrected chi connectivity index (χ3v) is 7.71. The van der Waals surface area contributed by atoms with Crippen LogP contribution in [0.25, 0.3) is 61.2 Å². The molecule has 0 saturated carbocycles. The Bertz CT molecular complexity index is 2200. The van der Waals surface area contributed by atoms with Crippen molar-refractivity contribution in [1.82, 2.24) is 28.7 Å². The first-order valence-electron chi connectivity index (χ1n) is 13.1. The highest BCUT2D eigenvalue weighted by Crippen LogP contribution is 2.41. The van der Waals surface area contributed by atoms with Crippen LogP contribution < -0.4 is 0 Å². The lowest BCUT2D eigenvalue weighted by molar-refractivity contribution is 0.967. The summed E-state index contributed by atoms with van der Waals surface area (Å²) in [5.41, 5.74) is 9.35. The van der Waals surface area contributed by atoms with Crippen molar-refractivity contribution in [3.8, 4) is 17.1 Å². The van der Waals surface area contributed by atoms with Gasteiger partial charge in [0.1, 0.15) is 11.5 Å².